The summed E-state index contributed by atoms with van der Waals surface area (Å²) in [6.07, 6.45) is 9.06. The van der Waals surface area contributed by atoms with E-state index >= 15 is 0 Å². The molecule has 1 fully saturated rings. The third kappa shape index (κ3) is 3.13. The topological polar surface area (TPSA) is 3.24 Å². The lowest BCUT2D eigenvalue weighted by molar-refractivity contribution is 0.0738. The molecule has 0 aromatic carbocycles. The van der Waals surface area contributed by atoms with Crippen LogP contribution in [-0.4, -0.2) is 23.0 Å². The molecule has 0 unspecified atom stereocenters. The van der Waals surface area contributed by atoms with Crippen LogP contribution in [0.15, 0.2) is 12.7 Å². The molecule has 0 heterocycles. The zero-order chi connectivity index (χ0) is 10.6. The van der Waals surface area contributed by atoms with Crippen molar-refractivity contribution in [2.24, 2.45) is 0 Å². The van der Waals surface area contributed by atoms with Crippen LogP contribution in [-0.2, 0) is 0 Å². The highest BCUT2D eigenvalue weighted by Gasteiger charge is 2.28. The molecule has 0 aromatic rings. The minimum Gasteiger partial charge on any atom is -0.292 e. The van der Waals surface area contributed by atoms with Gasteiger partial charge in [0.05, 0.1) is 0 Å². The summed E-state index contributed by atoms with van der Waals surface area (Å²) in [5, 5.41) is 0. The van der Waals surface area contributed by atoms with E-state index in [0.717, 1.165) is 12.6 Å². The van der Waals surface area contributed by atoms with E-state index in [1.54, 1.807) is 0 Å². The van der Waals surface area contributed by atoms with Crippen molar-refractivity contribution in [1.29, 1.82) is 0 Å². The predicted octanol–water partition coefficient (Wildman–Crippen LogP) is 3.61. The molecule has 1 heteroatoms. The Hall–Kier alpha value is -0.300. The lowest BCUT2D eigenvalue weighted by atomic mass is 9.91. The Morgan fingerprint density at radius 2 is 1.79 bits per heavy atom. The van der Waals surface area contributed by atoms with Crippen LogP contribution in [0.1, 0.15) is 52.9 Å². The molecule has 0 aliphatic heterocycles. The first-order valence-electron chi connectivity index (χ1n) is 5.93. The van der Waals surface area contributed by atoms with Gasteiger partial charge in [0.15, 0.2) is 0 Å². The maximum Gasteiger partial charge on any atom is 0.0168 e. The summed E-state index contributed by atoms with van der Waals surface area (Å²) in [5.74, 6) is 0. The minimum absolute atomic E-state index is 0.288. The number of hydrogen-bond acceptors (Lipinski definition) is 1. The average molecular weight is 195 g/mol. The van der Waals surface area contributed by atoms with Crippen LogP contribution in [0, 0.1) is 0 Å². The molecule has 0 atom stereocenters. The van der Waals surface area contributed by atoms with E-state index in [-0.39, 0.29) is 5.54 Å². The van der Waals surface area contributed by atoms with Crippen LogP contribution in [0.5, 0.6) is 0 Å². The molecule has 1 nitrogen and oxygen atoms in total. The maximum atomic E-state index is 3.87. The molecule has 0 spiro atoms. The monoisotopic (exact) mass is 195 g/mol. The Kier molecular flexibility index (Phi) is 4.18. The van der Waals surface area contributed by atoms with Gasteiger partial charge in [-0.05, 0) is 33.6 Å². The summed E-state index contributed by atoms with van der Waals surface area (Å²) < 4.78 is 0. The first-order chi connectivity index (χ1) is 6.55. The highest BCUT2D eigenvalue weighted by Crippen LogP contribution is 2.27. The van der Waals surface area contributed by atoms with Crippen LogP contribution in [0.2, 0.25) is 0 Å². The van der Waals surface area contributed by atoms with Crippen LogP contribution in [0.4, 0.5) is 0 Å². The smallest absolute Gasteiger partial charge is 0.0168 e. The predicted molar refractivity (Wildman–Crippen MR) is 63.5 cm³/mol. The highest BCUT2D eigenvalue weighted by molar-refractivity contribution is 4.89. The second-order valence-electron chi connectivity index (χ2n) is 5.40. The van der Waals surface area contributed by atoms with Gasteiger partial charge < -0.3 is 0 Å². The summed E-state index contributed by atoms with van der Waals surface area (Å²) >= 11 is 0. The molecule has 0 radical (unpaired) electrons. The summed E-state index contributed by atoms with van der Waals surface area (Å²) in [4.78, 5) is 2.61. The fourth-order valence-electron chi connectivity index (χ4n) is 2.50. The number of nitrogens with zero attached hydrogens (tertiary/aromatic N) is 1. The van der Waals surface area contributed by atoms with Gasteiger partial charge >= 0.3 is 0 Å². The van der Waals surface area contributed by atoms with Crippen molar-refractivity contribution in [3.8, 4) is 0 Å². The molecular weight excluding hydrogens is 170 g/mol. The first-order valence-corrected chi connectivity index (χ1v) is 5.93. The lowest BCUT2D eigenvalue weighted by Crippen LogP contribution is -2.48. The van der Waals surface area contributed by atoms with E-state index in [1.165, 1.54) is 32.1 Å². The van der Waals surface area contributed by atoms with Gasteiger partial charge in [0, 0.05) is 18.1 Å². The Morgan fingerprint density at radius 3 is 2.21 bits per heavy atom. The molecular formula is C13H25N. The zero-order valence-electron chi connectivity index (χ0n) is 10.1. The summed E-state index contributed by atoms with van der Waals surface area (Å²) in [6, 6.07) is 0.793. The van der Waals surface area contributed by atoms with Crippen LogP contribution in [0.3, 0.4) is 0 Å². The highest BCUT2D eigenvalue weighted by atomic mass is 15.2. The number of rotatable bonds is 3. The molecule has 0 aromatic heterocycles. The molecule has 0 saturated heterocycles. The van der Waals surface area contributed by atoms with Gasteiger partial charge in [-0.25, -0.2) is 0 Å². The molecule has 0 bridgehead atoms. The van der Waals surface area contributed by atoms with E-state index < -0.39 is 0 Å². The Labute approximate surface area is 89.2 Å². The van der Waals surface area contributed by atoms with Crippen molar-refractivity contribution in [2.75, 3.05) is 6.54 Å². The van der Waals surface area contributed by atoms with Crippen molar-refractivity contribution >= 4 is 0 Å². The fraction of sp³-hybridized carbons (Fsp3) is 0.846. The standard InChI is InChI=1S/C13H25N/c1-5-11-14(13(2,3)4)12-9-7-6-8-10-12/h5,12H,1,6-11H2,2-4H3. The quantitative estimate of drug-likeness (QED) is 0.622. The normalized spacial score (nSPS) is 20.0. The summed E-state index contributed by atoms with van der Waals surface area (Å²) in [5.41, 5.74) is 0.288. The first kappa shape index (κ1) is 11.8. The molecule has 82 valence electrons. The van der Waals surface area contributed by atoms with Gasteiger partial charge in [-0.2, -0.15) is 0 Å². The maximum absolute atomic E-state index is 3.87. The van der Waals surface area contributed by atoms with E-state index in [0.29, 0.717) is 0 Å². The molecule has 1 rings (SSSR count). The molecule has 14 heavy (non-hydrogen) atoms. The van der Waals surface area contributed by atoms with Gasteiger partial charge in [-0.1, -0.05) is 25.3 Å². The van der Waals surface area contributed by atoms with Crippen molar-refractivity contribution in [3.63, 3.8) is 0 Å². The summed E-state index contributed by atoms with van der Waals surface area (Å²) in [6.45, 7) is 11.8. The molecule has 1 saturated carbocycles. The SMILES string of the molecule is C=CCN(C1CCCCC1)C(C)(C)C. The van der Waals surface area contributed by atoms with Crippen molar-refractivity contribution in [1.82, 2.24) is 4.90 Å². The van der Waals surface area contributed by atoms with Gasteiger partial charge in [0.2, 0.25) is 0 Å². The Balaban J connectivity index is 2.60. The Morgan fingerprint density at radius 1 is 1.21 bits per heavy atom. The Bertz CT molecular complexity index is 172. The van der Waals surface area contributed by atoms with Gasteiger partial charge in [0.25, 0.3) is 0 Å². The molecule has 0 amide bonds. The van der Waals surface area contributed by atoms with Crippen LogP contribution < -0.4 is 0 Å². The fourth-order valence-corrected chi connectivity index (χ4v) is 2.50. The summed E-state index contributed by atoms with van der Waals surface area (Å²) in [7, 11) is 0. The third-order valence-electron chi connectivity index (χ3n) is 3.20. The lowest BCUT2D eigenvalue weighted by Gasteiger charge is -2.42. The van der Waals surface area contributed by atoms with E-state index in [4.69, 9.17) is 0 Å². The second-order valence-corrected chi connectivity index (χ2v) is 5.40. The molecule has 0 N–H and O–H groups in total. The molecule has 1 aliphatic carbocycles. The zero-order valence-corrected chi connectivity index (χ0v) is 10.1. The van der Waals surface area contributed by atoms with Crippen molar-refractivity contribution < 1.29 is 0 Å². The van der Waals surface area contributed by atoms with E-state index in [2.05, 4.69) is 32.3 Å². The molecule has 1 aliphatic rings. The second kappa shape index (κ2) is 4.97. The average Bonchev–Trinajstić information content (AvgIpc) is 2.14. The van der Waals surface area contributed by atoms with E-state index in [9.17, 15) is 0 Å². The van der Waals surface area contributed by atoms with Crippen LogP contribution >= 0.6 is 0 Å². The van der Waals surface area contributed by atoms with Crippen molar-refractivity contribution in [3.05, 3.63) is 12.7 Å². The van der Waals surface area contributed by atoms with Crippen molar-refractivity contribution in [2.45, 2.75) is 64.5 Å². The van der Waals surface area contributed by atoms with Gasteiger partial charge in [-0.3, -0.25) is 4.90 Å². The van der Waals surface area contributed by atoms with E-state index in [1.807, 2.05) is 6.08 Å². The van der Waals surface area contributed by atoms with Crippen LogP contribution in [0.25, 0.3) is 0 Å². The van der Waals surface area contributed by atoms with Gasteiger partial charge in [0.1, 0.15) is 0 Å². The largest absolute Gasteiger partial charge is 0.292 e. The number of hydrogen-bond donors (Lipinski definition) is 0. The van der Waals surface area contributed by atoms with Gasteiger partial charge in [-0.15, -0.1) is 6.58 Å². The minimum atomic E-state index is 0.288. The third-order valence-corrected chi connectivity index (χ3v) is 3.20.